The molecule has 0 saturated carbocycles. The van der Waals surface area contributed by atoms with E-state index in [1.54, 1.807) is 13.8 Å². The summed E-state index contributed by atoms with van der Waals surface area (Å²) < 4.78 is 23.2. The standard InChI is InChI=1S/C13H15FN4O3/c1-13(2,21-9-6-4-8(14)5-7-9)10(19)15-11-16-12(20-3)18-17-11/h4-7H,1-3H3,(H2,15,16,17,18,19). The van der Waals surface area contributed by atoms with Crippen LogP contribution >= 0.6 is 0 Å². The third kappa shape index (κ3) is 3.68. The molecule has 0 bridgehead atoms. The van der Waals surface area contributed by atoms with Crippen molar-refractivity contribution in [2.45, 2.75) is 19.4 Å². The number of carbonyl (C=O) groups is 1. The van der Waals surface area contributed by atoms with Crippen LogP contribution in [0.5, 0.6) is 11.8 Å². The highest BCUT2D eigenvalue weighted by molar-refractivity contribution is 5.95. The molecule has 1 aromatic heterocycles. The summed E-state index contributed by atoms with van der Waals surface area (Å²) in [6, 6.07) is 5.52. The van der Waals surface area contributed by atoms with E-state index in [4.69, 9.17) is 9.47 Å². The number of hydrogen-bond acceptors (Lipinski definition) is 5. The highest BCUT2D eigenvalue weighted by atomic mass is 19.1. The minimum Gasteiger partial charge on any atom is -0.478 e. The summed E-state index contributed by atoms with van der Waals surface area (Å²) in [6.45, 7) is 3.17. The molecule has 8 heteroatoms. The van der Waals surface area contributed by atoms with E-state index in [9.17, 15) is 9.18 Å². The predicted octanol–water partition coefficient (Wildman–Crippen LogP) is 1.75. The van der Waals surface area contributed by atoms with Gasteiger partial charge in [-0.15, -0.1) is 5.10 Å². The summed E-state index contributed by atoms with van der Waals surface area (Å²) in [5, 5.41) is 8.74. The van der Waals surface area contributed by atoms with Gasteiger partial charge in [-0.2, -0.15) is 4.98 Å². The van der Waals surface area contributed by atoms with Crippen LogP contribution in [-0.4, -0.2) is 33.8 Å². The zero-order valence-corrected chi connectivity index (χ0v) is 11.8. The third-order valence-corrected chi connectivity index (χ3v) is 2.61. The number of hydrogen-bond donors (Lipinski definition) is 2. The number of nitrogens with one attached hydrogen (secondary N) is 2. The topological polar surface area (TPSA) is 89.1 Å². The molecule has 0 aliphatic carbocycles. The van der Waals surface area contributed by atoms with Gasteiger partial charge in [0.05, 0.1) is 7.11 Å². The SMILES string of the molecule is COc1n[nH]c(NC(=O)C(C)(C)Oc2ccc(F)cc2)n1. The number of aromatic amines is 1. The Bertz CT molecular complexity index is 625. The summed E-state index contributed by atoms with van der Waals surface area (Å²) in [5.41, 5.74) is -1.18. The van der Waals surface area contributed by atoms with Crippen molar-refractivity contribution in [1.29, 1.82) is 0 Å². The first-order valence-electron chi connectivity index (χ1n) is 6.13. The Morgan fingerprint density at radius 1 is 1.33 bits per heavy atom. The lowest BCUT2D eigenvalue weighted by Gasteiger charge is -2.24. The van der Waals surface area contributed by atoms with E-state index >= 15 is 0 Å². The Morgan fingerprint density at radius 2 is 2.00 bits per heavy atom. The number of amides is 1. The highest BCUT2D eigenvalue weighted by Gasteiger charge is 2.30. The maximum absolute atomic E-state index is 12.8. The number of ether oxygens (including phenoxy) is 2. The van der Waals surface area contributed by atoms with Gasteiger partial charge in [0.25, 0.3) is 5.91 Å². The number of benzene rings is 1. The zero-order valence-electron chi connectivity index (χ0n) is 11.8. The molecule has 2 N–H and O–H groups in total. The molecule has 2 rings (SSSR count). The maximum Gasteiger partial charge on any atom is 0.336 e. The fourth-order valence-electron chi connectivity index (χ4n) is 1.50. The molecule has 2 aromatic rings. The van der Waals surface area contributed by atoms with Crippen LogP contribution in [0.4, 0.5) is 10.3 Å². The van der Waals surface area contributed by atoms with E-state index in [1.807, 2.05) is 0 Å². The maximum atomic E-state index is 12.8. The molecule has 0 atom stereocenters. The summed E-state index contributed by atoms with van der Waals surface area (Å²) in [6.07, 6.45) is 0. The molecule has 0 spiro atoms. The van der Waals surface area contributed by atoms with Gasteiger partial charge in [-0.05, 0) is 38.1 Å². The largest absolute Gasteiger partial charge is 0.478 e. The lowest BCUT2D eigenvalue weighted by atomic mass is 10.1. The summed E-state index contributed by atoms with van der Waals surface area (Å²) >= 11 is 0. The molecule has 112 valence electrons. The van der Waals surface area contributed by atoms with Gasteiger partial charge in [0, 0.05) is 0 Å². The fourth-order valence-corrected chi connectivity index (χ4v) is 1.50. The van der Waals surface area contributed by atoms with Gasteiger partial charge in [0.2, 0.25) is 5.95 Å². The van der Waals surface area contributed by atoms with Crippen LogP contribution in [0.1, 0.15) is 13.8 Å². The van der Waals surface area contributed by atoms with Gasteiger partial charge in [0.1, 0.15) is 11.6 Å². The van der Waals surface area contributed by atoms with E-state index in [1.165, 1.54) is 31.4 Å². The van der Waals surface area contributed by atoms with Crippen LogP contribution in [0, 0.1) is 5.82 Å². The van der Waals surface area contributed by atoms with Gasteiger partial charge in [-0.3, -0.25) is 10.1 Å². The van der Waals surface area contributed by atoms with Gasteiger partial charge in [-0.25, -0.2) is 9.49 Å². The molecular weight excluding hydrogens is 279 g/mol. The first-order chi connectivity index (χ1) is 9.90. The molecule has 7 nitrogen and oxygen atoms in total. The van der Waals surface area contributed by atoms with Crippen LogP contribution < -0.4 is 14.8 Å². The Morgan fingerprint density at radius 3 is 2.57 bits per heavy atom. The number of halogens is 1. The second-order valence-electron chi connectivity index (χ2n) is 4.69. The Balaban J connectivity index is 2.03. The predicted molar refractivity (Wildman–Crippen MR) is 72.7 cm³/mol. The van der Waals surface area contributed by atoms with E-state index in [0.29, 0.717) is 5.75 Å². The molecule has 0 radical (unpaired) electrons. The summed E-state index contributed by atoms with van der Waals surface area (Å²) in [4.78, 5) is 16.0. The molecule has 21 heavy (non-hydrogen) atoms. The van der Waals surface area contributed by atoms with E-state index in [2.05, 4.69) is 20.5 Å². The van der Waals surface area contributed by atoms with Crippen molar-refractivity contribution in [1.82, 2.24) is 15.2 Å². The van der Waals surface area contributed by atoms with Crippen molar-refractivity contribution in [2.75, 3.05) is 12.4 Å². The minimum absolute atomic E-state index is 0.113. The number of aromatic nitrogens is 3. The van der Waals surface area contributed by atoms with Crippen molar-refractivity contribution < 1.29 is 18.7 Å². The van der Waals surface area contributed by atoms with Crippen molar-refractivity contribution in [3.8, 4) is 11.8 Å². The molecule has 0 unspecified atom stereocenters. The van der Waals surface area contributed by atoms with E-state index < -0.39 is 11.5 Å². The number of H-pyrrole nitrogens is 1. The third-order valence-electron chi connectivity index (χ3n) is 2.61. The van der Waals surface area contributed by atoms with Crippen LogP contribution in [0.15, 0.2) is 24.3 Å². The number of methoxy groups -OCH3 is 1. The number of anilines is 1. The lowest BCUT2D eigenvalue weighted by Crippen LogP contribution is -2.42. The number of carbonyl (C=O) groups excluding carboxylic acids is 1. The van der Waals surface area contributed by atoms with Crippen LogP contribution in [0.2, 0.25) is 0 Å². The summed E-state index contributed by atoms with van der Waals surface area (Å²) in [5.74, 6) is -0.289. The van der Waals surface area contributed by atoms with Crippen LogP contribution in [-0.2, 0) is 4.79 Å². The number of nitrogens with zero attached hydrogens (tertiary/aromatic N) is 2. The molecule has 0 aliphatic heterocycles. The monoisotopic (exact) mass is 294 g/mol. The summed E-state index contributed by atoms with van der Waals surface area (Å²) in [7, 11) is 1.41. The Kier molecular flexibility index (Phi) is 4.06. The quantitative estimate of drug-likeness (QED) is 0.877. The van der Waals surface area contributed by atoms with Crippen molar-refractivity contribution >= 4 is 11.9 Å². The molecule has 0 fully saturated rings. The molecule has 1 amide bonds. The van der Waals surface area contributed by atoms with Gasteiger partial charge >= 0.3 is 6.01 Å². The van der Waals surface area contributed by atoms with E-state index in [-0.39, 0.29) is 17.8 Å². The molecule has 0 saturated heterocycles. The zero-order chi connectivity index (χ0) is 15.5. The lowest BCUT2D eigenvalue weighted by molar-refractivity contribution is -0.128. The van der Waals surface area contributed by atoms with Crippen molar-refractivity contribution in [2.24, 2.45) is 0 Å². The first kappa shape index (κ1) is 14.8. The minimum atomic E-state index is -1.18. The van der Waals surface area contributed by atoms with Crippen LogP contribution in [0.25, 0.3) is 0 Å². The van der Waals surface area contributed by atoms with Gasteiger partial charge in [0.15, 0.2) is 5.60 Å². The smallest absolute Gasteiger partial charge is 0.336 e. The average molecular weight is 294 g/mol. The molecule has 1 aromatic carbocycles. The molecule has 0 aliphatic rings. The van der Waals surface area contributed by atoms with Gasteiger partial charge in [-0.1, -0.05) is 0 Å². The average Bonchev–Trinajstić information content (AvgIpc) is 2.89. The fraction of sp³-hybridized carbons (Fsp3) is 0.308. The van der Waals surface area contributed by atoms with Crippen molar-refractivity contribution in [3.05, 3.63) is 30.1 Å². The van der Waals surface area contributed by atoms with E-state index in [0.717, 1.165) is 0 Å². The highest BCUT2D eigenvalue weighted by Crippen LogP contribution is 2.20. The van der Waals surface area contributed by atoms with Crippen molar-refractivity contribution in [3.63, 3.8) is 0 Å². The normalized spacial score (nSPS) is 11.0. The Hall–Kier alpha value is -2.64. The molecular formula is C13H15FN4O3. The number of rotatable bonds is 5. The van der Waals surface area contributed by atoms with Gasteiger partial charge < -0.3 is 9.47 Å². The first-order valence-corrected chi connectivity index (χ1v) is 6.13. The molecule has 1 heterocycles. The second-order valence-corrected chi connectivity index (χ2v) is 4.69. The van der Waals surface area contributed by atoms with Crippen LogP contribution in [0.3, 0.4) is 0 Å². The Labute approximate surface area is 120 Å². The second kappa shape index (κ2) is 5.78.